The van der Waals surface area contributed by atoms with Crippen LogP contribution in [-0.4, -0.2) is 20.9 Å². The van der Waals surface area contributed by atoms with Crippen LogP contribution in [0.5, 0.6) is 0 Å². The molecule has 0 radical (unpaired) electrons. The summed E-state index contributed by atoms with van der Waals surface area (Å²) in [4.78, 5) is 12.8. The van der Waals surface area contributed by atoms with E-state index in [9.17, 15) is 4.79 Å². The zero-order valence-corrected chi connectivity index (χ0v) is 14.3. The number of hydrogen-bond acceptors (Lipinski definition) is 4. The van der Waals surface area contributed by atoms with Gasteiger partial charge in [0.15, 0.2) is 0 Å². The molecule has 4 aromatic rings. The second-order valence-corrected chi connectivity index (χ2v) is 5.94. The Balaban J connectivity index is 1.64. The van der Waals surface area contributed by atoms with Crippen LogP contribution in [0.15, 0.2) is 71.3 Å². The summed E-state index contributed by atoms with van der Waals surface area (Å²) in [5, 5.41) is 11.3. The Morgan fingerprint density at radius 1 is 1.15 bits per heavy atom. The number of furan rings is 1. The van der Waals surface area contributed by atoms with Crippen LogP contribution in [0.25, 0.3) is 11.0 Å². The van der Waals surface area contributed by atoms with E-state index in [0.717, 1.165) is 17.6 Å². The van der Waals surface area contributed by atoms with Gasteiger partial charge in [-0.05, 0) is 42.8 Å². The molecule has 26 heavy (non-hydrogen) atoms. The monoisotopic (exact) mass is 346 g/mol. The Kier molecular flexibility index (Phi) is 4.23. The molecule has 6 nitrogen and oxygen atoms in total. The maximum absolute atomic E-state index is 12.8. The van der Waals surface area contributed by atoms with Crippen LogP contribution in [0.2, 0.25) is 0 Å². The fourth-order valence-corrected chi connectivity index (χ4v) is 2.98. The minimum Gasteiger partial charge on any atom is -0.467 e. The number of fused-ring (bicyclic) bond motifs is 1. The van der Waals surface area contributed by atoms with Gasteiger partial charge >= 0.3 is 0 Å². The molecule has 0 aliphatic carbocycles. The highest BCUT2D eigenvalue weighted by Gasteiger charge is 2.20. The maximum Gasteiger partial charge on any atom is 0.252 e. The highest BCUT2D eigenvalue weighted by atomic mass is 16.3. The number of carbonyl (C=O) groups is 1. The van der Waals surface area contributed by atoms with Crippen molar-refractivity contribution in [3.8, 4) is 0 Å². The molecule has 0 aliphatic heterocycles. The van der Waals surface area contributed by atoms with Gasteiger partial charge in [0.05, 0.1) is 11.8 Å². The van der Waals surface area contributed by atoms with Gasteiger partial charge in [0.2, 0.25) is 0 Å². The van der Waals surface area contributed by atoms with Gasteiger partial charge in [0.1, 0.15) is 17.3 Å². The third-order valence-corrected chi connectivity index (χ3v) is 4.31. The summed E-state index contributed by atoms with van der Waals surface area (Å²) in [6.07, 6.45) is 1.60. The van der Waals surface area contributed by atoms with E-state index in [0.29, 0.717) is 16.8 Å². The van der Waals surface area contributed by atoms with Crippen molar-refractivity contribution in [1.29, 1.82) is 0 Å². The van der Waals surface area contributed by atoms with Crippen LogP contribution >= 0.6 is 0 Å². The quantitative estimate of drug-likeness (QED) is 0.600. The normalized spacial score (nSPS) is 12.2. The molecule has 2 aromatic heterocycles. The van der Waals surface area contributed by atoms with Gasteiger partial charge < -0.3 is 9.73 Å². The number of aryl methyl sites for hydroxylation is 1. The van der Waals surface area contributed by atoms with Gasteiger partial charge in [0, 0.05) is 12.1 Å². The highest BCUT2D eigenvalue weighted by Crippen LogP contribution is 2.23. The molecule has 6 heteroatoms. The van der Waals surface area contributed by atoms with Crippen LogP contribution in [0, 0.1) is 0 Å². The molecule has 0 fully saturated rings. The maximum atomic E-state index is 12.8. The Morgan fingerprint density at radius 3 is 2.73 bits per heavy atom. The van der Waals surface area contributed by atoms with E-state index >= 15 is 0 Å². The number of carbonyl (C=O) groups excluding carboxylic acids is 1. The van der Waals surface area contributed by atoms with Crippen LogP contribution in [0.1, 0.15) is 34.6 Å². The zero-order chi connectivity index (χ0) is 17.9. The number of benzene rings is 2. The summed E-state index contributed by atoms with van der Waals surface area (Å²) in [5.74, 6) is 0.491. The SMILES string of the molecule is CCn1nnc2cc(C(=O)NC(c3ccccc3)c3ccco3)ccc21. The summed E-state index contributed by atoms with van der Waals surface area (Å²) in [5.41, 5.74) is 3.10. The standard InChI is InChI=1S/C20H18N4O2/c1-2-24-17-11-10-15(13-16(17)22-23-24)20(25)21-19(18-9-6-12-26-18)14-7-4-3-5-8-14/h3-13,19H,2H2,1H3,(H,21,25). The second-order valence-electron chi connectivity index (χ2n) is 5.94. The van der Waals surface area contributed by atoms with Crippen molar-refractivity contribution < 1.29 is 9.21 Å². The first-order chi connectivity index (χ1) is 12.8. The van der Waals surface area contributed by atoms with E-state index < -0.39 is 0 Å². The third kappa shape index (κ3) is 2.97. The zero-order valence-electron chi connectivity index (χ0n) is 14.3. The molecule has 0 saturated carbocycles. The fraction of sp³-hybridized carbons (Fsp3) is 0.150. The van der Waals surface area contributed by atoms with Crippen molar-refractivity contribution in [2.24, 2.45) is 0 Å². The lowest BCUT2D eigenvalue weighted by atomic mass is 10.0. The minimum absolute atomic E-state index is 0.191. The average Bonchev–Trinajstić information content (AvgIpc) is 3.35. The molecule has 2 heterocycles. The molecule has 1 atom stereocenters. The summed E-state index contributed by atoms with van der Waals surface area (Å²) in [6, 6.07) is 18.5. The first-order valence-electron chi connectivity index (χ1n) is 8.48. The lowest BCUT2D eigenvalue weighted by molar-refractivity contribution is 0.0939. The Hall–Kier alpha value is -3.41. The topological polar surface area (TPSA) is 73.0 Å². The van der Waals surface area contributed by atoms with Gasteiger partial charge in [0.25, 0.3) is 5.91 Å². The number of aromatic nitrogens is 3. The van der Waals surface area contributed by atoms with Crippen LogP contribution in [-0.2, 0) is 6.54 Å². The van der Waals surface area contributed by atoms with Crippen LogP contribution in [0.3, 0.4) is 0 Å². The number of nitrogens with one attached hydrogen (secondary N) is 1. The van der Waals surface area contributed by atoms with Crippen molar-refractivity contribution in [3.63, 3.8) is 0 Å². The van der Waals surface area contributed by atoms with Crippen molar-refractivity contribution in [2.45, 2.75) is 19.5 Å². The van der Waals surface area contributed by atoms with Crippen molar-refractivity contribution in [1.82, 2.24) is 20.3 Å². The van der Waals surface area contributed by atoms with E-state index in [-0.39, 0.29) is 11.9 Å². The molecule has 1 unspecified atom stereocenters. The number of nitrogens with zero attached hydrogens (tertiary/aromatic N) is 3. The lowest BCUT2D eigenvalue weighted by Crippen LogP contribution is -2.29. The average molecular weight is 346 g/mol. The van der Waals surface area contributed by atoms with E-state index in [1.807, 2.05) is 55.5 Å². The smallest absolute Gasteiger partial charge is 0.252 e. The predicted molar refractivity (Wildman–Crippen MR) is 97.7 cm³/mol. The van der Waals surface area contributed by atoms with E-state index in [1.165, 1.54) is 0 Å². The highest BCUT2D eigenvalue weighted by molar-refractivity contribution is 5.97. The number of hydrogen-bond donors (Lipinski definition) is 1. The van der Waals surface area contributed by atoms with E-state index in [4.69, 9.17) is 4.42 Å². The van der Waals surface area contributed by atoms with Gasteiger partial charge in [-0.15, -0.1) is 5.10 Å². The van der Waals surface area contributed by atoms with Gasteiger partial charge in [-0.2, -0.15) is 0 Å². The molecule has 0 spiro atoms. The molecule has 130 valence electrons. The van der Waals surface area contributed by atoms with Crippen LogP contribution < -0.4 is 5.32 Å². The number of rotatable bonds is 5. The van der Waals surface area contributed by atoms with Gasteiger partial charge in [-0.3, -0.25) is 4.79 Å². The summed E-state index contributed by atoms with van der Waals surface area (Å²) in [6.45, 7) is 2.74. The third-order valence-electron chi connectivity index (χ3n) is 4.31. The Bertz CT molecular complexity index is 1020. The molecule has 2 aromatic carbocycles. The molecular formula is C20H18N4O2. The molecule has 4 rings (SSSR count). The van der Waals surface area contributed by atoms with E-state index in [2.05, 4.69) is 15.6 Å². The molecule has 0 saturated heterocycles. The van der Waals surface area contributed by atoms with E-state index in [1.54, 1.807) is 23.1 Å². The molecule has 1 N–H and O–H groups in total. The summed E-state index contributed by atoms with van der Waals surface area (Å²) >= 11 is 0. The molecule has 1 amide bonds. The second kappa shape index (κ2) is 6.84. The Labute approximate surface area is 150 Å². The molecule has 0 bridgehead atoms. The van der Waals surface area contributed by atoms with Gasteiger partial charge in [-0.1, -0.05) is 35.5 Å². The summed E-state index contributed by atoms with van der Waals surface area (Å²) in [7, 11) is 0. The molecular weight excluding hydrogens is 328 g/mol. The Morgan fingerprint density at radius 2 is 2.00 bits per heavy atom. The molecule has 0 aliphatic rings. The predicted octanol–water partition coefficient (Wildman–Crippen LogP) is 3.56. The first kappa shape index (κ1) is 16.1. The summed E-state index contributed by atoms with van der Waals surface area (Å²) < 4.78 is 7.33. The minimum atomic E-state index is -0.360. The van der Waals surface area contributed by atoms with Crippen LogP contribution in [0.4, 0.5) is 0 Å². The largest absolute Gasteiger partial charge is 0.467 e. The van der Waals surface area contributed by atoms with Crippen molar-refractivity contribution in [2.75, 3.05) is 0 Å². The number of amides is 1. The fourth-order valence-electron chi connectivity index (χ4n) is 2.98. The van der Waals surface area contributed by atoms with Crippen molar-refractivity contribution in [3.05, 3.63) is 83.8 Å². The van der Waals surface area contributed by atoms with Crippen molar-refractivity contribution >= 4 is 16.9 Å². The van der Waals surface area contributed by atoms with Gasteiger partial charge in [-0.25, -0.2) is 4.68 Å². The lowest BCUT2D eigenvalue weighted by Gasteiger charge is -2.17. The first-order valence-corrected chi connectivity index (χ1v) is 8.48.